The highest BCUT2D eigenvalue weighted by Crippen LogP contribution is 2.39. The highest BCUT2D eigenvalue weighted by molar-refractivity contribution is 5.74. The first-order valence-corrected chi connectivity index (χ1v) is 9.10. The van der Waals surface area contributed by atoms with E-state index in [4.69, 9.17) is 0 Å². The first-order valence-electron chi connectivity index (χ1n) is 9.10. The third kappa shape index (κ3) is 3.85. The van der Waals surface area contributed by atoms with Gasteiger partial charge in [0.15, 0.2) is 0 Å². The molecule has 1 aliphatic carbocycles. The van der Waals surface area contributed by atoms with Crippen LogP contribution in [0.3, 0.4) is 0 Å². The van der Waals surface area contributed by atoms with Crippen LogP contribution >= 0.6 is 0 Å². The number of piperazine rings is 1. The predicted molar refractivity (Wildman–Crippen MR) is 96.8 cm³/mol. The summed E-state index contributed by atoms with van der Waals surface area (Å²) in [7, 11) is 0. The smallest absolute Gasteiger partial charge is 0.317 e. The molecule has 0 spiro atoms. The number of carbonyl (C=O) groups is 1. The maximum absolute atomic E-state index is 12.3. The van der Waals surface area contributed by atoms with E-state index < -0.39 is 0 Å². The Balaban J connectivity index is 1.33. The Morgan fingerprint density at radius 1 is 1.28 bits per heavy atom. The van der Waals surface area contributed by atoms with Crippen molar-refractivity contribution >= 4 is 6.03 Å². The van der Waals surface area contributed by atoms with Gasteiger partial charge in [-0.2, -0.15) is 5.10 Å². The Hall–Kier alpha value is -2.34. The zero-order valence-electron chi connectivity index (χ0n) is 14.6. The highest BCUT2D eigenvalue weighted by Gasteiger charge is 2.25. The second kappa shape index (κ2) is 6.88. The molecule has 2 N–H and O–H groups in total. The molecule has 1 aromatic carbocycles. The van der Waals surface area contributed by atoms with Crippen LogP contribution in [0.5, 0.6) is 0 Å². The van der Waals surface area contributed by atoms with Crippen molar-refractivity contribution in [3.63, 3.8) is 0 Å². The second-order valence-electron chi connectivity index (χ2n) is 7.09. The van der Waals surface area contributed by atoms with Crippen LogP contribution in [0.25, 0.3) is 5.69 Å². The first kappa shape index (κ1) is 16.1. The van der Waals surface area contributed by atoms with Crippen molar-refractivity contribution in [2.24, 2.45) is 0 Å². The summed E-state index contributed by atoms with van der Waals surface area (Å²) in [6.45, 7) is 5.02. The standard InChI is InChI=1S/C19H25N5O/c1-14-13-23(11-9-20-14)19(25)21-12-15-2-6-17(7-3-15)24-10-8-18(22-24)16-4-5-16/h2-3,6-8,10,14,16,20H,4-5,9,11-13H2,1H3,(H,21,25)/t14-/m1/s1. The Kier molecular flexibility index (Phi) is 4.44. The van der Waals surface area contributed by atoms with Gasteiger partial charge in [0.25, 0.3) is 0 Å². The van der Waals surface area contributed by atoms with E-state index in [-0.39, 0.29) is 6.03 Å². The molecule has 2 amide bonds. The minimum Gasteiger partial charge on any atom is -0.334 e. The van der Waals surface area contributed by atoms with Gasteiger partial charge in [-0.3, -0.25) is 0 Å². The molecule has 0 bridgehead atoms. The number of nitrogens with one attached hydrogen (secondary N) is 2. The summed E-state index contributed by atoms with van der Waals surface area (Å²) in [6.07, 6.45) is 4.55. The van der Waals surface area contributed by atoms with Crippen molar-refractivity contribution < 1.29 is 4.79 Å². The van der Waals surface area contributed by atoms with Gasteiger partial charge in [-0.15, -0.1) is 0 Å². The molecule has 1 atom stereocenters. The number of rotatable bonds is 4. The fourth-order valence-electron chi connectivity index (χ4n) is 3.25. The predicted octanol–water partition coefficient (Wildman–Crippen LogP) is 2.25. The van der Waals surface area contributed by atoms with E-state index in [0.29, 0.717) is 18.5 Å². The number of benzene rings is 1. The molecule has 6 nitrogen and oxygen atoms in total. The van der Waals surface area contributed by atoms with Gasteiger partial charge < -0.3 is 15.5 Å². The van der Waals surface area contributed by atoms with E-state index in [2.05, 4.69) is 53.0 Å². The van der Waals surface area contributed by atoms with Crippen LogP contribution < -0.4 is 10.6 Å². The largest absolute Gasteiger partial charge is 0.334 e. The van der Waals surface area contributed by atoms with Crippen LogP contribution in [0.2, 0.25) is 0 Å². The summed E-state index contributed by atoms with van der Waals surface area (Å²) >= 11 is 0. The molecule has 2 aromatic rings. The summed E-state index contributed by atoms with van der Waals surface area (Å²) in [5.41, 5.74) is 3.34. The van der Waals surface area contributed by atoms with Gasteiger partial charge in [-0.25, -0.2) is 9.48 Å². The molecule has 2 heterocycles. The normalized spacial score (nSPS) is 20.5. The van der Waals surface area contributed by atoms with Crippen molar-refractivity contribution in [3.8, 4) is 5.69 Å². The van der Waals surface area contributed by atoms with Crippen LogP contribution in [-0.4, -0.2) is 46.4 Å². The SMILES string of the molecule is C[C@@H]1CN(C(=O)NCc2ccc(-n3ccc(C4CC4)n3)cc2)CCN1. The molecule has 1 saturated carbocycles. The van der Waals surface area contributed by atoms with Crippen molar-refractivity contribution in [1.29, 1.82) is 0 Å². The number of amides is 2. The van der Waals surface area contributed by atoms with Gasteiger partial charge in [0.05, 0.1) is 11.4 Å². The number of hydrogen-bond acceptors (Lipinski definition) is 3. The molecular formula is C19H25N5O. The summed E-state index contributed by atoms with van der Waals surface area (Å²) in [4.78, 5) is 14.1. The lowest BCUT2D eigenvalue weighted by Crippen LogP contribution is -2.53. The first-order chi connectivity index (χ1) is 12.2. The van der Waals surface area contributed by atoms with Crippen molar-refractivity contribution in [3.05, 3.63) is 47.8 Å². The van der Waals surface area contributed by atoms with Crippen LogP contribution in [-0.2, 0) is 6.54 Å². The van der Waals surface area contributed by atoms with E-state index in [1.54, 1.807) is 0 Å². The Bertz CT molecular complexity index is 735. The molecule has 4 rings (SSSR count). The number of hydrogen-bond donors (Lipinski definition) is 2. The minimum atomic E-state index is 0.0126. The number of aromatic nitrogens is 2. The molecule has 132 valence electrons. The van der Waals surface area contributed by atoms with Crippen molar-refractivity contribution in [1.82, 2.24) is 25.3 Å². The van der Waals surface area contributed by atoms with Crippen LogP contribution in [0.4, 0.5) is 4.79 Å². The van der Waals surface area contributed by atoms with Gasteiger partial charge in [0.2, 0.25) is 0 Å². The fraction of sp³-hybridized carbons (Fsp3) is 0.474. The van der Waals surface area contributed by atoms with E-state index >= 15 is 0 Å². The van der Waals surface area contributed by atoms with Crippen LogP contribution in [0.15, 0.2) is 36.5 Å². The average molecular weight is 339 g/mol. The average Bonchev–Trinajstić information content (AvgIpc) is 3.37. The number of nitrogens with zero attached hydrogens (tertiary/aromatic N) is 3. The van der Waals surface area contributed by atoms with Crippen LogP contribution in [0, 0.1) is 0 Å². The molecule has 6 heteroatoms. The lowest BCUT2D eigenvalue weighted by atomic mass is 10.2. The zero-order valence-corrected chi connectivity index (χ0v) is 14.6. The lowest BCUT2D eigenvalue weighted by Gasteiger charge is -2.31. The number of carbonyl (C=O) groups excluding carboxylic acids is 1. The van der Waals surface area contributed by atoms with Crippen molar-refractivity contribution in [2.45, 2.75) is 38.3 Å². The van der Waals surface area contributed by atoms with E-state index in [1.807, 2.05) is 15.8 Å². The summed E-state index contributed by atoms with van der Waals surface area (Å²) in [6, 6.07) is 10.7. The molecule has 0 radical (unpaired) electrons. The van der Waals surface area contributed by atoms with E-state index in [1.165, 1.54) is 18.5 Å². The molecular weight excluding hydrogens is 314 g/mol. The van der Waals surface area contributed by atoms with Gasteiger partial charge >= 0.3 is 6.03 Å². The quantitative estimate of drug-likeness (QED) is 0.898. The third-order valence-corrected chi connectivity index (χ3v) is 4.91. The fourth-order valence-corrected chi connectivity index (χ4v) is 3.25. The minimum absolute atomic E-state index is 0.0126. The zero-order chi connectivity index (χ0) is 17.2. The molecule has 1 saturated heterocycles. The van der Waals surface area contributed by atoms with Gasteiger partial charge in [-0.1, -0.05) is 12.1 Å². The molecule has 1 aliphatic heterocycles. The van der Waals surface area contributed by atoms with Gasteiger partial charge in [0.1, 0.15) is 0 Å². The second-order valence-corrected chi connectivity index (χ2v) is 7.09. The van der Waals surface area contributed by atoms with E-state index in [9.17, 15) is 4.79 Å². The highest BCUT2D eigenvalue weighted by atomic mass is 16.2. The summed E-state index contributed by atoms with van der Waals surface area (Å²) < 4.78 is 1.93. The molecule has 1 aromatic heterocycles. The maximum atomic E-state index is 12.3. The third-order valence-electron chi connectivity index (χ3n) is 4.91. The Morgan fingerprint density at radius 3 is 2.80 bits per heavy atom. The molecule has 0 unspecified atom stereocenters. The Labute approximate surface area is 148 Å². The summed E-state index contributed by atoms with van der Waals surface area (Å²) in [5.74, 6) is 0.670. The van der Waals surface area contributed by atoms with Gasteiger partial charge in [-0.05, 0) is 43.5 Å². The van der Waals surface area contributed by atoms with Crippen LogP contribution in [0.1, 0.15) is 36.9 Å². The molecule has 2 fully saturated rings. The molecule has 2 aliphatic rings. The topological polar surface area (TPSA) is 62.2 Å². The summed E-state index contributed by atoms with van der Waals surface area (Å²) in [5, 5.41) is 11.0. The Morgan fingerprint density at radius 2 is 2.08 bits per heavy atom. The monoisotopic (exact) mass is 339 g/mol. The number of urea groups is 1. The lowest BCUT2D eigenvalue weighted by molar-refractivity contribution is 0.179. The van der Waals surface area contributed by atoms with Gasteiger partial charge in [0, 0.05) is 44.3 Å². The maximum Gasteiger partial charge on any atom is 0.317 e. The van der Waals surface area contributed by atoms with Crippen molar-refractivity contribution in [2.75, 3.05) is 19.6 Å². The van der Waals surface area contributed by atoms with E-state index in [0.717, 1.165) is 30.9 Å². The molecule has 25 heavy (non-hydrogen) atoms.